The van der Waals surface area contributed by atoms with Crippen LogP contribution in [-0.2, 0) is 6.42 Å². The molecular weight excluding hydrogens is 198 g/mol. The summed E-state index contributed by atoms with van der Waals surface area (Å²) in [5, 5.41) is 0. The average Bonchev–Trinajstić information content (AvgIpc) is 2.38. The van der Waals surface area contributed by atoms with Gasteiger partial charge in [0.25, 0.3) is 0 Å². The lowest BCUT2D eigenvalue weighted by molar-refractivity contribution is 0.642. The third kappa shape index (κ3) is 2.87. The lowest BCUT2D eigenvalue weighted by Gasteiger charge is -2.10. The number of hydrogen-bond donors (Lipinski definition) is 1. The molecule has 0 fully saturated rings. The van der Waals surface area contributed by atoms with Gasteiger partial charge in [-0.25, -0.2) is 0 Å². The van der Waals surface area contributed by atoms with E-state index in [0.717, 1.165) is 24.1 Å². The summed E-state index contributed by atoms with van der Waals surface area (Å²) in [4.78, 5) is 8.34. The highest BCUT2D eigenvalue weighted by molar-refractivity contribution is 5.14. The van der Waals surface area contributed by atoms with Gasteiger partial charge in [-0.3, -0.25) is 9.97 Å². The van der Waals surface area contributed by atoms with Gasteiger partial charge in [0.1, 0.15) is 0 Å². The minimum Gasteiger partial charge on any atom is -0.324 e. The molecule has 2 N–H and O–H groups in total. The van der Waals surface area contributed by atoms with Gasteiger partial charge in [-0.15, -0.1) is 0 Å². The number of nitrogens with zero attached hydrogens (tertiary/aromatic N) is 2. The predicted molar refractivity (Wildman–Crippen MR) is 63.7 cm³/mol. The highest BCUT2D eigenvalue weighted by atomic mass is 14.7. The van der Waals surface area contributed by atoms with Crippen LogP contribution >= 0.6 is 0 Å². The highest BCUT2D eigenvalue weighted by Gasteiger charge is 2.05. The highest BCUT2D eigenvalue weighted by Crippen LogP contribution is 2.14. The number of pyridine rings is 2. The van der Waals surface area contributed by atoms with Gasteiger partial charge in [-0.2, -0.15) is 0 Å². The van der Waals surface area contributed by atoms with E-state index in [1.807, 2.05) is 42.7 Å². The molecule has 0 aliphatic carbocycles. The summed E-state index contributed by atoms with van der Waals surface area (Å²) in [7, 11) is 0. The minimum atomic E-state index is 0.0377. The zero-order valence-corrected chi connectivity index (χ0v) is 9.08. The molecule has 0 aromatic carbocycles. The molecule has 0 radical (unpaired) electrons. The normalized spacial score (nSPS) is 12.3. The molecule has 3 heteroatoms. The minimum absolute atomic E-state index is 0.0377. The SMILES string of the molecule is NC(CCc1ccccn1)c1cccnc1. The summed E-state index contributed by atoms with van der Waals surface area (Å²) in [6.07, 6.45) is 7.18. The van der Waals surface area contributed by atoms with Gasteiger partial charge < -0.3 is 5.73 Å². The maximum absolute atomic E-state index is 6.08. The zero-order valence-electron chi connectivity index (χ0n) is 9.08. The fourth-order valence-electron chi connectivity index (χ4n) is 1.61. The maximum atomic E-state index is 6.08. The Labute approximate surface area is 95.4 Å². The van der Waals surface area contributed by atoms with Gasteiger partial charge in [0.2, 0.25) is 0 Å². The molecule has 1 unspecified atom stereocenters. The molecule has 0 spiro atoms. The molecule has 2 aromatic heterocycles. The summed E-state index contributed by atoms with van der Waals surface area (Å²) >= 11 is 0. The van der Waals surface area contributed by atoms with Crippen molar-refractivity contribution in [3.63, 3.8) is 0 Å². The molecule has 2 aromatic rings. The molecule has 0 bridgehead atoms. The van der Waals surface area contributed by atoms with Gasteiger partial charge in [-0.05, 0) is 36.6 Å². The Kier molecular flexibility index (Phi) is 3.62. The van der Waals surface area contributed by atoms with Crippen molar-refractivity contribution in [2.75, 3.05) is 0 Å². The van der Waals surface area contributed by atoms with Gasteiger partial charge in [0, 0.05) is 30.3 Å². The van der Waals surface area contributed by atoms with Gasteiger partial charge >= 0.3 is 0 Å². The van der Waals surface area contributed by atoms with Crippen molar-refractivity contribution in [3.8, 4) is 0 Å². The second kappa shape index (κ2) is 5.37. The molecule has 2 rings (SSSR count). The predicted octanol–water partition coefficient (Wildman–Crippen LogP) is 2.11. The van der Waals surface area contributed by atoms with Gasteiger partial charge in [0.05, 0.1) is 0 Å². The van der Waals surface area contributed by atoms with E-state index in [1.54, 1.807) is 6.20 Å². The summed E-state index contributed by atoms with van der Waals surface area (Å²) in [6.45, 7) is 0. The van der Waals surface area contributed by atoms with E-state index in [-0.39, 0.29) is 6.04 Å². The second-order valence-corrected chi connectivity index (χ2v) is 3.75. The van der Waals surface area contributed by atoms with Crippen molar-refractivity contribution in [2.24, 2.45) is 5.73 Å². The second-order valence-electron chi connectivity index (χ2n) is 3.75. The Morgan fingerprint density at radius 1 is 1.12 bits per heavy atom. The van der Waals surface area contributed by atoms with Crippen molar-refractivity contribution >= 4 is 0 Å². The van der Waals surface area contributed by atoms with E-state index >= 15 is 0 Å². The summed E-state index contributed by atoms with van der Waals surface area (Å²) in [5.74, 6) is 0. The average molecular weight is 213 g/mol. The Bertz CT molecular complexity index is 414. The third-order valence-electron chi connectivity index (χ3n) is 2.55. The fourth-order valence-corrected chi connectivity index (χ4v) is 1.61. The van der Waals surface area contributed by atoms with Crippen LogP contribution in [0.1, 0.15) is 23.7 Å². The molecule has 0 saturated carbocycles. The van der Waals surface area contributed by atoms with Crippen LogP contribution in [0.2, 0.25) is 0 Å². The Morgan fingerprint density at radius 2 is 2.06 bits per heavy atom. The van der Waals surface area contributed by atoms with Crippen LogP contribution in [0.4, 0.5) is 0 Å². The maximum Gasteiger partial charge on any atom is 0.0404 e. The Morgan fingerprint density at radius 3 is 2.75 bits per heavy atom. The number of hydrogen-bond acceptors (Lipinski definition) is 3. The largest absolute Gasteiger partial charge is 0.324 e. The van der Waals surface area contributed by atoms with Crippen LogP contribution in [0.5, 0.6) is 0 Å². The zero-order chi connectivity index (χ0) is 11.2. The van der Waals surface area contributed by atoms with Crippen LogP contribution < -0.4 is 5.73 Å². The van der Waals surface area contributed by atoms with Crippen molar-refractivity contribution in [2.45, 2.75) is 18.9 Å². The van der Waals surface area contributed by atoms with E-state index < -0.39 is 0 Å². The smallest absolute Gasteiger partial charge is 0.0404 e. The van der Waals surface area contributed by atoms with Crippen LogP contribution in [0.25, 0.3) is 0 Å². The quantitative estimate of drug-likeness (QED) is 0.846. The first-order valence-electron chi connectivity index (χ1n) is 5.41. The van der Waals surface area contributed by atoms with Crippen molar-refractivity contribution < 1.29 is 0 Å². The molecule has 82 valence electrons. The first-order chi connectivity index (χ1) is 7.86. The Balaban J connectivity index is 1.92. The van der Waals surface area contributed by atoms with Gasteiger partial charge in [0.15, 0.2) is 0 Å². The van der Waals surface area contributed by atoms with Gasteiger partial charge in [-0.1, -0.05) is 12.1 Å². The van der Waals surface area contributed by atoms with E-state index in [2.05, 4.69) is 9.97 Å². The monoisotopic (exact) mass is 213 g/mol. The first-order valence-corrected chi connectivity index (χ1v) is 5.41. The molecule has 3 nitrogen and oxygen atoms in total. The third-order valence-corrected chi connectivity index (χ3v) is 2.55. The van der Waals surface area contributed by atoms with Crippen molar-refractivity contribution in [1.82, 2.24) is 9.97 Å². The molecule has 0 aliphatic heterocycles. The van der Waals surface area contributed by atoms with E-state index in [1.165, 1.54) is 0 Å². The van der Waals surface area contributed by atoms with Crippen molar-refractivity contribution in [3.05, 3.63) is 60.2 Å². The Hall–Kier alpha value is -1.74. The standard InChI is InChI=1S/C13H15N3/c14-13(11-4-3-8-15-10-11)7-6-12-5-1-2-9-16-12/h1-5,8-10,13H,6-7,14H2. The molecule has 16 heavy (non-hydrogen) atoms. The molecule has 0 amide bonds. The van der Waals surface area contributed by atoms with E-state index in [0.29, 0.717) is 0 Å². The van der Waals surface area contributed by atoms with Crippen molar-refractivity contribution in [1.29, 1.82) is 0 Å². The molecule has 1 atom stereocenters. The van der Waals surface area contributed by atoms with Crippen LogP contribution in [0.15, 0.2) is 48.9 Å². The molecule has 0 saturated heterocycles. The topological polar surface area (TPSA) is 51.8 Å². The molecule has 2 heterocycles. The molecule has 0 aliphatic rings. The lowest BCUT2D eigenvalue weighted by atomic mass is 10.0. The number of rotatable bonds is 4. The summed E-state index contributed by atoms with van der Waals surface area (Å²) in [6, 6.07) is 9.90. The number of aryl methyl sites for hydroxylation is 1. The van der Waals surface area contributed by atoms with Crippen LogP contribution in [-0.4, -0.2) is 9.97 Å². The van der Waals surface area contributed by atoms with E-state index in [9.17, 15) is 0 Å². The fraction of sp³-hybridized carbons (Fsp3) is 0.231. The molecular formula is C13H15N3. The van der Waals surface area contributed by atoms with Crippen LogP contribution in [0.3, 0.4) is 0 Å². The first kappa shape index (κ1) is 10.8. The number of nitrogens with two attached hydrogens (primary N) is 1. The number of aromatic nitrogens is 2. The lowest BCUT2D eigenvalue weighted by Crippen LogP contribution is -2.11. The van der Waals surface area contributed by atoms with E-state index in [4.69, 9.17) is 5.73 Å². The summed E-state index contributed by atoms with van der Waals surface area (Å²) < 4.78 is 0. The van der Waals surface area contributed by atoms with Crippen LogP contribution in [0, 0.1) is 0 Å². The summed E-state index contributed by atoms with van der Waals surface area (Å²) in [5.41, 5.74) is 8.24.